The highest BCUT2D eigenvalue weighted by Gasteiger charge is 2.17. The average Bonchev–Trinajstić information content (AvgIpc) is 2.08. The highest BCUT2D eigenvalue weighted by molar-refractivity contribution is 9.10. The number of rotatable bonds is 1. The Balaban J connectivity index is 2.73. The molecule has 1 aromatic rings. The van der Waals surface area contributed by atoms with E-state index in [2.05, 4.69) is 26.2 Å². The van der Waals surface area contributed by atoms with Gasteiger partial charge in [-0.3, -0.25) is 5.32 Å². The van der Waals surface area contributed by atoms with E-state index in [9.17, 15) is 9.90 Å². The monoisotopic (exact) mass is 288 g/mol. The third-order valence-electron chi connectivity index (χ3n) is 1.46. The molecule has 2 N–H and O–H groups in total. The fraction of sp³-hybridized carbons (Fsp3) is 0.400. The molecule has 1 aromatic heterocycles. The molecule has 0 spiro atoms. The molecular formula is C10H13BrN2O3. The van der Waals surface area contributed by atoms with E-state index in [-0.39, 0.29) is 11.6 Å². The summed E-state index contributed by atoms with van der Waals surface area (Å²) in [5.74, 6) is -0.0577. The van der Waals surface area contributed by atoms with Crippen LogP contribution in [0, 0.1) is 0 Å². The molecule has 0 aliphatic carbocycles. The molecular weight excluding hydrogens is 276 g/mol. The molecule has 0 radical (unpaired) electrons. The molecule has 5 nitrogen and oxygen atoms in total. The molecule has 16 heavy (non-hydrogen) atoms. The zero-order chi connectivity index (χ0) is 12.3. The molecule has 0 saturated heterocycles. The number of nitrogens with zero attached hydrogens (tertiary/aromatic N) is 1. The maximum Gasteiger partial charge on any atom is 0.413 e. The van der Waals surface area contributed by atoms with Crippen molar-refractivity contribution in [1.29, 1.82) is 0 Å². The summed E-state index contributed by atoms with van der Waals surface area (Å²) in [7, 11) is 0. The highest BCUT2D eigenvalue weighted by atomic mass is 79.9. The SMILES string of the molecule is CC(C)(C)OC(=O)Nc1nc(Br)ccc1O. The number of aromatic hydroxyl groups is 1. The first-order valence-electron chi connectivity index (χ1n) is 4.63. The Kier molecular flexibility index (Phi) is 3.74. The van der Waals surface area contributed by atoms with Gasteiger partial charge in [0.05, 0.1) is 0 Å². The maximum atomic E-state index is 11.4. The molecule has 0 atom stereocenters. The molecule has 0 saturated carbocycles. The van der Waals surface area contributed by atoms with Crippen molar-refractivity contribution >= 4 is 27.8 Å². The second-order valence-electron chi connectivity index (χ2n) is 4.13. The first kappa shape index (κ1) is 12.8. The second-order valence-corrected chi connectivity index (χ2v) is 4.94. The van der Waals surface area contributed by atoms with Crippen LogP contribution in [0.5, 0.6) is 5.75 Å². The molecule has 6 heteroatoms. The molecule has 88 valence electrons. The lowest BCUT2D eigenvalue weighted by Crippen LogP contribution is -2.27. The zero-order valence-electron chi connectivity index (χ0n) is 9.24. The Bertz CT molecular complexity index is 402. The number of aromatic nitrogens is 1. The van der Waals surface area contributed by atoms with Crippen molar-refractivity contribution in [3.63, 3.8) is 0 Å². The van der Waals surface area contributed by atoms with Crippen molar-refractivity contribution in [2.75, 3.05) is 5.32 Å². The Labute approximate surface area is 102 Å². The molecule has 0 aromatic carbocycles. The van der Waals surface area contributed by atoms with Crippen molar-refractivity contribution in [2.24, 2.45) is 0 Å². The smallest absolute Gasteiger partial charge is 0.413 e. The predicted octanol–water partition coefficient (Wildman–Crippen LogP) is 2.90. The van der Waals surface area contributed by atoms with Crippen LogP contribution in [0.3, 0.4) is 0 Å². The number of ether oxygens (including phenoxy) is 1. The van der Waals surface area contributed by atoms with E-state index in [1.54, 1.807) is 26.8 Å². The van der Waals surface area contributed by atoms with Gasteiger partial charge in [-0.05, 0) is 48.8 Å². The number of hydrogen-bond donors (Lipinski definition) is 2. The lowest BCUT2D eigenvalue weighted by Gasteiger charge is -2.19. The largest absolute Gasteiger partial charge is 0.504 e. The van der Waals surface area contributed by atoms with Crippen LogP contribution in [-0.4, -0.2) is 21.8 Å². The topological polar surface area (TPSA) is 71.5 Å². The van der Waals surface area contributed by atoms with Crippen molar-refractivity contribution in [3.05, 3.63) is 16.7 Å². The second kappa shape index (κ2) is 4.69. The first-order chi connectivity index (χ1) is 7.28. The molecule has 0 unspecified atom stereocenters. The Morgan fingerprint density at radius 1 is 1.50 bits per heavy atom. The number of carbonyl (C=O) groups excluding carboxylic acids is 1. The Morgan fingerprint density at radius 3 is 2.69 bits per heavy atom. The van der Waals surface area contributed by atoms with Crippen molar-refractivity contribution in [1.82, 2.24) is 4.98 Å². The summed E-state index contributed by atoms with van der Waals surface area (Å²) in [6.07, 6.45) is -0.659. The van der Waals surface area contributed by atoms with Gasteiger partial charge in [-0.1, -0.05) is 0 Å². The van der Waals surface area contributed by atoms with Crippen LogP contribution in [0.15, 0.2) is 16.7 Å². The maximum absolute atomic E-state index is 11.4. The zero-order valence-corrected chi connectivity index (χ0v) is 10.8. The standard InChI is InChI=1S/C10H13BrN2O3/c1-10(2,3)16-9(15)13-8-6(14)4-5-7(11)12-8/h4-5,14H,1-3H3,(H,12,13,15). The van der Waals surface area contributed by atoms with Crippen LogP contribution in [0.1, 0.15) is 20.8 Å². The minimum absolute atomic E-state index is 0.0589. The summed E-state index contributed by atoms with van der Waals surface area (Å²) in [4.78, 5) is 15.3. The lowest BCUT2D eigenvalue weighted by molar-refractivity contribution is 0.0634. The van der Waals surface area contributed by atoms with Gasteiger partial charge in [-0.15, -0.1) is 0 Å². The van der Waals surface area contributed by atoms with Crippen LogP contribution in [0.2, 0.25) is 0 Å². The molecule has 0 bridgehead atoms. The summed E-state index contributed by atoms with van der Waals surface area (Å²) in [6.45, 7) is 5.25. The van der Waals surface area contributed by atoms with Crippen LogP contribution < -0.4 is 5.32 Å². The van der Waals surface area contributed by atoms with Crippen LogP contribution in [0.25, 0.3) is 0 Å². The van der Waals surface area contributed by atoms with Gasteiger partial charge in [0.1, 0.15) is 10.2 Å². The van der Waals surface area contributed by atoms with Crippen LogP contribution >= 0.6 is 15.9 Å². The van der Waals surface area contributed by atoms with E-state index in [0.717, 1.165) is 0 Å². The van der Waals surface area contributed by atoms with E-state index in [1.807, 2.05) is 0 Å². The van der Waals surface area contributed by atoms with E-state index in [4.69, 9.17) is 4.74 Å². The molecule has 0 fully saturated rings. The third kappa shape index (κ3) is 4.06. The summed E-state index contributed by atoms with van der Waals surface area (Å²) < 4.78 is 5.53. The van der Waals surface area contributed by atoms with Gasteiger partial charge < -0.3 is 9.84 Å². The summed E-state index contributed by atoms with van der Waals surface area (Å²) in [6, 6.07) is 2.99. The van der Waals surface area contributed by atoms with E-state index in [1.165, 1.54) is 6.07 Å². The fourth-order valence-corrected chi connectivity index (χ4v) is 1.23. The van der Waals surface area contributed by atoms with Crippen LogP contribution in [0.4, 0.5) is 10.6 Å². The van der Waals surface area contributed by atoms with E-state index >= 15 is 0 Å². The van der Waals surface area contributed by atoms with Gasteiger partial charge in [0.2, 0.25) is 0 Å². The summed E-state index contributed by atoms with van der Waals surface area (Å²) in [5, 5.41) is 11.8. The number of halogens is 1. The van der Waals surface area contributed by atoms with Gasteiger partial charge in [0.25, 0.3) is 0 Å². The minimum Gasteiger partial charge on any atom is -0.504 e. The van der Waals surface area contributed by atoms with Gasteiger partial charge in [-0.25, -0.2) is 9.78 Å². The van der Waals surface area contributed by atoms with Crippen molar-refractivity contribution in [3.8, 4) is 5.75 Å². The van der Waals surface area contributed by atoms with Gasteiger partial charge in [-0.2, -0.15) is 0 Å². The van der Waals surface area contributed by atoms with E-state index < -0.39 is 11.7 Å². The average molecular weight is 289 g/mol. The number of hydrogen-bond acceptors (Lipinski definition) is 4. The summed E-state index contributed by atoms with van der Waals surface area (Å²) >= 11 is 3.13. The molecule has 1 rings (SSSR count). The Morgan fingerprint density at radius 2 is 2.12 bits per heavy atom. The summed E-state index contributed by atoms with van der Waals surface area (Å²) in [5.41, 5.74) is -0.592. The number of pyridine rings is 1. The number of carbonyl (C=O) groups is 1. The fourth-order valence-electron chi connectivity index (χ4n) is 0.920. The highest BCUT2D eigenvalue weighted by Crippen LogP contribution is 2.23. The minimum atomic E-state index is -0.659. The lowest BCUT2D eigenvalue weighted by atomic mass is 10.2. The predicted molar refractivity (Wildman–Crippen MR) is 63.5 cm³/mol. The number of amides is 1. The Hall–Kier alpha value is -1.30. The molecule has 1 amide bonds. The van der Waals surface area contributed by atoms with Crippen molar-refractivity contribution < 1.29 is 14.6 Å². The van der Waals surface area contributed by atoms with Crippen LogP contribution in [-0.2, 0) is 4.74 Å². The molecule has 0 aliphatic heterocycles. The van der Waals surface area contributed by atoms with Gasteiger partial charge in [0.15, 0.2) is 11.6 Å². The normalized spacial score (nSPS) is 11.0. The third-order valence-corrected chi connectivity index (χ3v) is 1.90. The van der Waals surface area contributed by atoms with E-state index in [0.29, 0.717) is 4.60 Å². The number of anilines is 1. The molecule has 0 aliphatic rings. The quantitative estimate of drug-likeness (QED) is 0.780. The molecule has 1 heterocycles. The first-order valence-corrected chi connectivity index (χ1v) is 5.43. The van der Waals surface area contributed by atoms with Gasteiger partial charge >= 0.3 is 6.09 Å². The van der Waals surface area contributed by atoms with Crippen molar-refractivity contribution in [2.45, 2.75) is 26.4 Å². The number of nitrogens with one attached hydrogen (secondary N) is 1. The van der Waals surface area contributed by atoms with Gasteiger partial charge in [0, 0.05) is 0 Å².